The Morgan fingerprint density at radius 2 is 1.90 bits per heavy atom. The Morgan fingerprint density at radius 1 is 1.19 bits per heavy atom. The van der Waals surface area contributed by atoms with Gasteiger partial charge in [0.25, 0.3) is 0 Å². The van der Waals surface area contributed by atoms with Crippen molar-refractivity contribution < 1.29 is 23.4 Å². The first kappa shape index (κ1) is 14.8. The minimum absolute atomic E-state index is 0.108. The topological polar surface area (TPSA) is 58.6 Å². The fourth-order valence-electron chi connectivity index (χ4n) is 1.89. The number of carbonyl (C=O) groups is 1. The summed E-state index contributed by atoms with van der Waals surface area (Å²) in [7, 11) is 1.51. The highest BCUT2D eigenvalue weighted by Crippen LogP contribution is 2.23. The maximum Gasteiger partial charge on any atom is 0.338 e. The van der Waals surface area contributed by atoms with E-state index in [4.69, 9.17) is 9.84 Å². The minimum Gasteiger partial charge on any atom is -0.496 e. The van der Waals surface area contributed by atoms with Crippen molar-refractivity contribution in [1.82, 2.24) is 0 Å². The van der Waals surface area contributed by atoms with Gasteiger partial charge in [-0.15, -0.1) is 0 Å². The summed E-state index contributed by atoms with van der Waals surface area (Å²) in [6.07, 6.45) is 0. The van der Waals surface area contributed by atoms with Gasteiger partial charge in [-0.1, -0.05) is 18.2 Å². The molecule has 2 aromatic rings. The van der Waals surface area contributed by atoms with Crippen LogP contribution in [0.15, 0.2) is 36.4 Å². The van der Waals surface area contributed by atoms with Crippen LogP contribution in [0, 0.1) is 11.6 Å². The number of carboxylic acids is 1. The van der Waals surface area contributed by atoms with Gasteiger partial charge in [-0.3, -0.25) is 0 Å². The molecule has 0 heterocycles. The highest BCUT2D eigenvalue weighted by molar-refractivity contribution is 5.88. The van der Waals surface area contributed by atoms with Crippen LogP contribution >= 0.6 is 0 Å². The van der Waals surface area contributed by atoms with Gasteiger partial charge in [0.2, 0.25) is 0 Å². The summed E-state index contributed by atoms with van der Waals surface area (Å²) in [6, 6.07) is 9.34. The zero-order valence-corrected chi connectivity index (χ0v) is 11.2. The van der Waals surface area contributed by atoms with Crippen LogP contribution in [-0.4, -0.2) is 18.2 Å². The van der Waals surface area contributed by atoms with Crippen molar-refractivity contribution >= 4 is 11.7 Å². The van der Waals surface area contributed by atoms with E-state index in [9.17, 15) is 13.6 Å². The molecular formula is C15H13F2NO3. The normalized spacial score (nSPS) is 10.2. The molecule has 0 aliphatic rings. The van der Waals surface area contributed by atoms with Gasteiger partial charge in [-0.25, -0.2) is 13.6 Å². The molecule has 4 nitrogen and oxygen atoms in total. The van der Waals surface area contributed by atoms with E-state index in [-0.39, 0.29) is 12.2 Å². The zero-order valence-electron chi connectivity index (χ0n) is 11.2. The van der Waals surface area contributed by atoms with E-state index in [1.807, 2.05) is 0 Å². The molecule has 0 aliphatic carbocycles. The smallest absolute Gasteiger partial charge is 0.338 e. The monoisotopic (exact) mass is 293 g/mol. The van der Waals surface area contributed by atoms with Crippen LogP contribution < -0.4 is 10.1 Å². The molecule has 110 valence electrons. The number of aromatic carboxylic acids is 1. The Hall–Kier alpha value is -2.63. The second-order valence-electron chi connectivity index (χ2n) is 4.26. The number of ether oxygens (including phenoxy) is 1. The number of nitrogens with one attached hydrogen (secondary N) is 1. The number of para-hydroxylation sites is 1. The van der Waals surface area contributed by atoms with E-state index in [1.54, 1.807) is 24.3 Å². The second-order valence-corrected chi connectivity index (χ2v) is 4.26. The lowest BCUT2D eigenvalue weighted by atomic mass is 10.1. The molecule has 0 saturated heterocycles. The van der Waals surface area contributed by atoms with Crippen LogP contribution in [0.1, 0.15) is 15.9 Å². The Bertz CT molecular complexity index is 674. The maximum atomic E-state index is 13.8. The second kappa shape index (κ2) is 6.21. The number of hydrogen-bond acceptors (Lipinski definition) is 3. The summed E-state index contributed by atoms with van der Waals surface area (Å²) in [6.45, 7) is 0.215. The molecule has 0 amide bonds. The quantitative estimate of drug-likeness (QED) is 0.888. The Kier molecular flexibility index (Phi) is 4.37. The third-order valence-electron chi connectivity index (χ3n) is 2.97. The molecule has 0 atom stereocenters. The zero-order chi connectivity index (χ0) is 15.4. The van der Waals surface area contributed by atoms with Crippen LogP contribution in [0.4, 0.5) is 14.5 Å². The van der Waals surface area contributed by atoms with Crippen molar-refractivity contribution in [3.05, 3.63) is 59.2 Å². The van der Waals surface area contributed by atoms with E-state index in [1.165, 1.54) is 13.2 Å². The summed E-state index contributed by atoms with van der Waals surface area (Å²) in [5.41, 5.74) is -0.0409. The molecule has 0 aromatic heterocycles. The Balaban J connectivity index is 2.21. The largest absolute Gasteiger partial charge is 0.496 e. The van der Waals surface area contributed by atoms with Gasteiger partial charge < -0.3 is 15.2 Å². The fourth-order valence-corrected chi connectivity index (χ4v) is 1.89. The number of rotatable bonds is 5. The fraction of sp³-hybridized carbons (Fsp3) is 0.133. The molecule has 6 heteroatoms. The molecule has 0 spiro atoms. The van der Waals surface area contributed by atoms with Crippen molar-refractivity contribution in [3.8, 4) is 5.75 Å². The van der Waals surface area contributed by atoms with Crippen LogP contribution in [0.2, 0.25) is 0 Å². The lowest BCUT2D eigenvalue weighted by molar-refractivity contribution is 0.0690. The molecule has 0 aliphatic heterocycles. The van der Waals surface area contributed by atoms with E-state index < -0.39 is 23.2 Å². The van der Waals surface area contributed by atoms with Crippen molar-refractivity contribution in [3.63, 3.8) is 0 Å². The van der Waals surface area contributed by atoms with Gasteiger partial charge in [0.15, 0.2) is 11.6 Å². The average molecular weight is 293 g/mol. The molecule has 0 bridgehead atoms. The standard InChI is InChI=1S/C15H13F2NO3/c1-21-12-5-3-2-4-9(12)8-18-11-7-6-10(15(19)20)13(16)14(11)17/h2-7,18H,8H2,1H3,(H,19,20). The van der Waals surface area contributed by atoms with Crippen molar-refractivity contribution in [1.29, 1.82) is 0 Å². The molecule has 0 fully saturated rings. The summed E-state index contributed by atoms with van der Waals surface area (Å²) in [5.74, 6) is -3.49. The molecule has 2 aromatic carbocycles. The van der Waals surface area contributed by atoms with E-state index in [0.717, 1.165) is 11.6 Å². The van der Waals surface area contributed by atoms with Gasteiger partial charge in [-0.2, -0.15) is 0 Å². The third-order valence-corrected chi connectivity index (χ3v) is 2.97. The van der Waals surface area contributed by atoms with E-state index in [0.29, 0.717) is 5.75 Å². The van der Waals surface area contributed by atoms with Crippen molar-refractivity contribution in [2.75, 3.05) is 12.4 Å². The number of benzene rings is 2. The van der Waals surface area contributed by atoms with Crippen LogP contribution in [0.3, 0.4) is 0 Å². The summed E-state index contributed by atoms with van der Waals surface area (Å²) >= 11 is 0. The number of methoxy groups -OCH3 is 1. The average Bonchev–Trinajstić information content (AvgIpc) is 2.48. The molecular weight excluding hydrogens is 280 g/mol. The highest BCUT2D eigenvalue weighted by atomic mass is 19.2. The summed E-state index contributed by atoms with van der Waals surface area (Å²) in [5, 5.41) is 11.4. The molecule has 2 rings (SSSR count). The third kappa shape index (κ3) is 3.10. The van der Waals surface area contributed by atoms with Gasteiger partial charge in [0.05, 0.1) is 18.4 Å². The summed E-state index contributed by atoms with van der Waals surface area (Å²) < 4.78 is 32.5. The SMILES string of the molecule is COc1ccccc1CNc1ccc(C(=O)O)c(F)c1F. The molecule has 2 N–H and O–H groups in total. The first-order valence-electron chi connectivity index (χ1n) is 6.11. The van der Waals surface area contributed by atoms with Crippen LogP contribution in [-0.2, 0) is 6.54 Å². The van der Waals surface area contributed by atoms with E-state index in [2.05, 4.69) is 5.32 Å². The van der Waals surface area contributed by atoms with E-state index >= 15 is 0 Å². The van der Waals surface area contributed by atoms with Crippen molar-refractivity contribution in [2.24, 2.45) is 0 Å². The first-order chi connectivity index (χ1) is 10.0. The minimum atomic E-state index is -1.51. The molecule has 21 heavy (non-hydrogen) atoms. The number of anilines is 1. The van der Waals surface area contributed by atoms with Gasteiger partial charge >= 0.3 is 5.97 Å². The van der Waals surface area contributed by atoms with Gasteiger partial charge in [0, 0.05) is 12.1 Å². The first-order valence-corrected chi connectivity index (χ1v) is 6.11. The Morgan fingerprint density at radius 3 is 2.57 bits per heavy atom. The number of hydrogen-bond donors (Lipinski definition) is 2. The number of carboxylic acid groups (broad SMARTS) is 1. The molecule has 0 unspecified atom stereocenters. The predicted molar refractivity (Wildman–Crippen MR) is 73.6 cm³/mol. The summed E-state index contributed by atoms with van der Waals surface area (Å²) in [4.78, 5) is 10.7. The Labute approximate surface area is 120 Å². The maximum absolute atomic E-state index is 13.8. The van der Waals surface area contributed by atoms with Crippen LogP contribution in [0.25, 0.3) is 0 Å². The number of halogens is 2. The van der Waals surface area contributed by atoms with Crippen LogP contribution in [0.5, 0.6) is 5.75 Å². The molecule has 0 radical (unpaired) electrons. The van der Waals surface area contributed by atoms with Crippen molar-refractivity contribution in [2.45, 2.75) is 6.54 Å². The van der Waals surface area contributed by atoms with Gasteiger partial charge in [-0.05, 0) is 18.2 Å². The lowest BCUT2D eigenvalue weighted by Crippen LogP contribution is -2.08. The predicted octanol–water partition coefficient (Wildman–Crippen LogP) is 3.28. The van der Waals surface area contributed by atoms with Gasteiger partial charge in [0.1, 0.15) is 5.75 Å². The lowest BCUT2D eigenvalue weighted by Gasteiger charge is -2.12. The molecule has 0 saturated carbocycles. The highest BCUT2D eigenvalue weighted by Gasteiger charge is 2.17.